The van der Waals surface area contributed by atoms with Crippen LogP contribution in [-0.4, -0.2) is 41.7 Å². The van der Waals surface area contributed by atoms with Gasteiger partial charge in [0, 0.05) is 31.7 Å². The number of carbonyl (C=O) groups is 1. The van der Waals surface area contributed by atoms with Crippen molar-refractivity contribution in [3.63, 3.8) is 0 Å². The Balaban J connectivity index is 2.04. The first-order valence-corrected chi connectivity index (χ1v) is 7.29. The number of carbonyl (C=O) groups excluding carboxylic acids is 1. The lowest BCUT2D eigenvalue weighted by Crippen LogP contribution is -2.40. The van der Waals surface area contributed by atoms with Gasteiger partial charge in [-0.1, -0.05) is 0 Å². The van der Waals surface area contributed by atoms with Gasteiger partial charge in [0.05, 0.1) is 11.7 Å². The first-order valence-electron chi connectivity index (χ1n) is 7.29. The van der Waals surface area contributed by atoms with E-state index in [0.29, 0.717) is 18.0 Å². The van der Waals surface area contributed by atoms with Crippen LogP contribution in [0.4, 0.5) is 5.82 Å². The second-order valence-corrected chi connectivity index (χ2v) is 5.35. The molecule has 5 heteroatoms. The normalized spacial score (nSPS) is 20.6. The summed E-state index contributed by atoms with van der Waals surface area (Å²) >= 11 is 0. The summed E-state index contributed by atoms with van der Waals surface area (Å²) in [7, 11) is 0. The Morgan fingerprint density at radius 2 is 2.40 bits per heavy atom. The first-order chi connectivity index (χ1) is 9.61. The molecule has 2 unspecified atom stereocenters. The van der Waals surface area contributed by atoms with E-state index in [-0.39, 0.29) is 12.0 Å². The fourth-order valence-corrected chi connectivity index (χ4v) is 2.58. The molecule has 5 nitrogen and oxygen atoms in total. The minimum atomic E-state index is -0.285. The molecule has 2 N–H and O–H groups in total. The van der Waals surface area contributed by atoms with Crippen molar-refractivity contribution in [2.45, 2.75) is 32.8 Å². The van der Waals surface area contributed by atoms with Crippen LogP contribution in [0.2, 0.25) is 0 Å². The van der Waals surface area contributed by atoms with Crippen LogP contribution in [0.5, 0.6) is 0 Å². The van der Waals surface area contributed by atoms with Gasteiger partial charge in [0.15, 0.2) is 0 Å². The summed E-state index contributed by atoms with van der Waals surface area (Å²) in [4.78, 5) is 18.2. The molecule has 110 valence electrons. The molecular formula is C15H23N3O2. The quantitative estimate of drug-likeness (QED) is 0.874. The monoisotopic (exact) mass is 277 g/mol. The summed E-state index contributed by atoms with van der Waals surface area (Å²) in [6, 6.07) is 3.69. The van der Waals surface area contributed by atoms with Crippen LogP contribution in [0.25, 0.3) is 0 Å². The second kappa shape index (κ2) is 6.70. The predicted molar refractivity (Wildman–Crippen MR) is 78.9 cm³/mol. The Morgan fingerprint density at radius 1 is 1.60 bits per heavy atom. The van der Waals surface area contributed by atoms with Crippen molar-refractivity contribution in [1.82, 2.24) is 10.3 Å². The number of aliphatic hydroxyl groups excluding tert-OH is 1. The van der Waals surface area contributed by atoms with Crippen LogP contribution in [0.1, 0.15) is 37.0 Å². The van der Waals surface area contributed by atoms with E-state index in [2.05, 4.69) is 15.2 Å². The Hall–Kier alpha value is -1.62. The molecule has 0 saturated carbocycles. The number of pyridine rings is 1. The highest BCUT2D eigenvalue weighted by Crippen LogP contribution is 2.23. The lowest BCUT2D eigenvalue weighted by Gasteiger charge is -2.34. The van der Waals surface area contributed by atoms with Crippen LogP contribution < -0.4 is 10.2 Å². The van der Waals surface area contributed by atoms with Gasteiger partial charge < -0.3 is 15.3 Å². The summed E-state index contributed by atoms with van der Waals surface area (Å²) in [6.45, 7) is 6.13. The number of nitrogens with one attached hydrogen (secondary N) is 1. The van der Waals surface area contributed by atoms with Gasteiger partial charge in [-0.15, -0.1) is 0 Å². The minimum absolute atomic E-state index is 0.0907. The van der Waals surface area contributed by atoms with Crippen molar-refractivity contribution in [2.75, 3.05) is 24.5 Å². The SMILES string of the molecule is CCNC(=O)c1ccc(N2CCCC(C(C)O)C2)nc1. The largest absolute Gasteiger partial charge is 0.393 e. The number of aliphatic hydroxyl groups is 1. The van der Waals surface area contributed by atoms with Gasteiger partial charge in [-0.2, -0.15) is 0 Å². The maximum atomic E-state index is 11.7. The third-order valence-electron chi connectivity index (χ3n) is 3.81. The number of nitrogens with zero attached hydrogens (tertiary/aromatic N) is 2. The Labute approximate surface area is 120 Å². The molecule has 0 radical (unpaired) electrons. The van der Waals surface area contributed by atoms with E-state index in [1.807, 2.05) is 19.9 Å². The summed E-state index contributed by atoms with van der Waals surface area (Å²) in [5.41, 5.74) is 0.583. The number of piperidine rings is 1. The molecule has 1 aromatic heterocycles. The Kier molecular flexibility index (Phi) is 4.95. The van der Waals surface area contributed by atoms with Crippen molar-refractivity contribution in [1.29, 1.82) is 0 Å². The lowest BCUT2D eigenvalue weighted by molar-refractivity contribution is 0.0955. The van der Waals surface area contributed by atoms with Crippen LogP contribution in [0.3, 0.4) is 0 Å². The van der Waals surface area contributed by atoms with Crippen molar-refractivity contribution >= 4 is 11.7 Å². The Bertz CT molecular complexity index is 445. The number of hydrogen-bond donors (Lipinski definition) is 2. The standard InChI is InChI=1S/C15H23N3O2/c1-3-16-15(20)12-6-7-14(17-9-12)18-8-4-5-13(10-18)11(2)19/h6-7,9,11,13,19H,3-5,8,10H2,1-2H3,(H,16,20). The van der Waals surface area contributed by atoms with Crippen LogP contribution >= 0.6 is 0 Å². The Morgan fingerprint density at radius 3 is 3.00 bits per heavy atom. The molecule has 20 heavy (non-hydrogen) atoms. The smallest absolute Gasteiger partial charge is 0.252 e. The van der Waals surface area contributed by atoms with Gasteiger partial charge in [0.25, 0.3) is 5.91 Å². The lowest BCUT2D eigenvalue weighted by atomic mass is 9.93. The predicted octanol–water partition coefficient (Wildman–Crippen LogP) is 1.43. The van der Waals surface area contributed by atoms with E-state index >= 15 is 0 Å². The molecule has 1 fully saturated rings. The number of aromatic nitrogens is 1. The zero-order valence-corrected chi connectivity index (χ0v) is 12.2. The molecule has 1 saturated heterocycles. The third kappa shape index (κ3) is 3.48. The molecule has 2 atom stereocenters. The molecule has 1 aromatic rings. The van der Waals surface area contributed by atoms with E-state index in [0.717, 1.165) is 31.7 Å². The molecule has 0 aromatic carbocycles. The van der Waals surface area contributed by atoms with Crippen molar-refractivity contribution in [2.24, 2.45) is 5.92 Å². The van der Waals surface area contributed by atoms with Crippen molar-refractivity contribution in [3.8, 4) is 0 Å². The highest BCUT2D eigenvalue weighted by molar-refractivity contribution is 5.93. The van der Waals surface area contributed by atoms with Crippen LogP contribution in [0, 0.1) is 5.92 Å². The maximum absolute atomic E-state index is 11.7. The fraction of sp³-hybridized carbons (Fsp3) is 0.600. The summed E-state index contributed by atoms with van der Waals surface area (Å²) in [5, 5.41) is 12.5. The van der Waals surface area contributed by atoms with Crippen LogP contribution in [0.15, 0.2) is 18.3 Å². The van der Waals surface area contributed by atoms with Gasteiger partial charge in [-0.05, 0) is 38.8 Å². The average Bonchev–Trinajstić information content (AvgIpc) is 2.48. The topological polar surface area (TPSA) is 65.5 Å². The van der Waals surface area contributed by atoms with E-state index < -0.39 is 0 Å². The maximum Gasteiger partial charge on any atom is 0.252 e. The number of amides is 1. The number of hydrogen-bond acceptors (Lipinski definition) is 4. The molecule has 1 amide bonds. The number of rotatable bonds is 4. The molecular weight excluding hydrogens is 254 g/mol. The van der Waals surface area contributed by atoms with E-state index in [1.54, 1.807) is 12.3 Å². The minimum Gasteiger partial charge on any atom is -0.393 e. The molecule has 0 bridgehead atoms. The summed E-state index contributed by atoms with van der Waals surface area (Å²) in [6.07, 6.45) is 3.46. The zero-order valence-electron chi connectivity index (χ0n) is 12.2. The van der Waals surface area contributed by atoms with E-state index in [1.165, 1.54) is 0 Å². The van der Waals surface area contributed by atoms with E-state index in [4.69, 9.17) is 0 Å². The van der Waals surface area contributed by atoms with Gasteiger partial charge >= 0.3 is 0 Å². The van der Waals surface area contributed by atoms with E-state index in [9.17, 15) is 9.90 Å². The molecule has 1 aliphatic rings. The van der Waals surface area contributed by atoms with Gasteiger partial charge in [-0.3, -0.25) is 4.79 Å². The van der Waals surface area contributed by atoms with Gasteiger partial charge in [0.2, 0.25) is 0 Å². The molecule has 0 spiro atoms. The summed E-state index contributed by atoms with van der Waals surface area (Å²) < 4.78 is 0. The zero-order chi connectivity index (χ0) is 14.5. The molecule has 0 aliphatic carbocycles. The molecule has 2 heterocycles. The first kappa shape index (κ1) is 14.8. The summed E-state index contributed by atoms with van der Waals surface area (Å²) in [5.74, 6) is 1.09. The van der Waals surface area contributed by atoms with Crippen molar-refractivity contribution in [3.05, 3.63) is 23.9 Å². The number of anilines is 1. The second-order valence-electron chi connectivity index (χ2n) is 5.35. The molecule has 1 aliphatic heterocycles. The highest BCUT2D eigenvalue weighted by atomic mass is 16.3. The van der Waals surface area contributed by atoms with Gasteiger partial charge in [0.1, 0.15) is 5.82 Å². The average molecular weight is 277 g/mol. The fourth-order valence-electron chi connectivity index (χ4n) is 2.58. The highest BCUT2D eigenvalue weighted by Gasteiger charge is 2.24. The van der Waals surface area contributed by atoms with Crippen LogP contribution in [-0.2, 0) is 0 Å². The van der Waals surface area contributed by atoms with Gasteiger partial charge in [-0.25, -0.2) is 4.98 Å². The van der Waals surface area contributed by atoms with Crippen molar-refractivity contribution < 1.29 is 9.90 Å². The molecule has 2 rings (SSSR count). The third-order valence-corrected chi connectivity index (χ3v) is 3.81.